The molecule has 0 spiro atoms. The fourth-order valence-electron chi connectivity index (χ4n) is 5.31. The highest BCUT2D eigenvalue weighted by Gasteiger charge is 2.45. The van der Waals surface area contributed by atoms with E-state index in [1.165, 1.54) is 33.4 Å². The van der Waals surface area contributed by atoms with E-state index in [2.05, 4.69) is 115 Å². The summed E-state index contributed by atoms with van der Waals surface area (Å²) in [6.07, 6.45) is 0. The summed E-state index contributed by atoms with van der Waals surface area (Å²) in [5.41, 5.74) is 9.97. The molecule has 160 valence electrons. The Bertz CT molecular complexity index is 1460. The largest absolute Gasteiger partial charge is 0.356 e. The van der Waals surface area contributed by atoms with Gasteiger partial charge in [-0.05, 0) is 69.8 Å². The Kier molecular flexibility index (Phi) is 4.75. The maximum atomic E-state index is 9.04. The average molecular weight is 435 g/mol. The highest BCUT2D eigenvalue weighted by atomic mass is 14.9. The van der Waals surface area contributed by atoms with Crippen molar-refractivity contribution in [1.82, 2.24) is 0 Å². The lowest BCUT2D eigenvalue weighted by Gasteiger charge is -2.34. The first-order valence-corrected chi connectivity index (χ1v) is 11.4. The van der Waals surface area contributed by atoms with E-state index < -0.39 is 0 Å². The molecule has 5 aromatic carbocycles. The van der Waals surface area contributed by atoms with Crippen LogP contribution in [0.25, 0.3) is 11.1 Å². The van der Waals surface area contributed by atoms with Crippen molar-refractivity contribution >= 4 is 11.4 Å². The molecule has 0 radical (unpaired) electrons. The monoisotopic (exact) mass is 434 g/mol. The fourth-order valence-corrected chi connectivity index (χ4v) is 5.31. The smallest absolute Gasteiger partial charge is 0.0991 e. The van der Waals surface area contributed by atoms with Gasteiger partial charge in [-0.2, -0.15) is 5.26 Å². The minimum atomic E-state index is -0.374. The lowest BCUT2D eigenvalue weighted by atomic mass is 9.68. The van der Waals surface area contributed by atoms with E-state index >= 15 is 0 Å². The molecule has 5 aromatic rings. The molecular weight excluding hydrogens is 412 g/mol. The first-order valence-electron chi connectivity index (χ1n) is 11.4. The first kappa shape index (κ1) is 20.0. The topological polar surface area (TPSA) is 35.8 Å². The molecule has 1 N–H and O–H groups in total. The highest BCUT2D eigenvalue weighted by molar-refractivity contribution is 5.86. The quantitative estimate of drug-likeness (QED) is 0.309. The van der Waals surface area contributed by atoms with Crippen LogP contribution < -0.4 is 5.32 Å². The summed E-state index contributed by atoms with van der Waals surface area (Å²) in [7, 11) is 0. The molecule has 0 aliphatic heterocycles. The summed E-state index contributed by atoms with van der Waals surface area (Å²) >= 11 is 0. The molecule has 0 aromatic heterocycles. The van der Waals surface area contributed by atoms with E-state index in [0.717, 1.165) is 11.4 Å². The summed E-state index contributed by atoms with van der Waals surface area (Å²) in [5, 5.41) is 12.5. The SMILES string of the molecule is N#Cc1ccc(Nc2ccc(C3(c4ccccc4)c4ccccc4-c4ccccc43)cc2)cc1. The van der Waals surface area contributed by atoms with Crippen LogP contribution in [-0.2, 0) is 5.41 Å². The Morgan fingerprint density at radius 3 is 1.53 bits per heavy atom. The number of anilines is 2. The third-order valence-corrected chi connectivity index (χ3v) is 6.78. The van der Waals surface area contributed by atoms with Crippen molar-refractivity contribution in [3.05, 3.63) is 155 Å². The predicted molar refractivity (Wildman–Crippen MR) is 138 cm³/mol. The van der Waals surface area contributed by atoms with Gasteiger partial charge in [0.2, 0.25) is 0 Å². The van der Waals surface area contributed by atoms with Crippen LogP contribution in [0.5, 0.6) is 0 Å². The average Bonchev–Trinajstić information content (AvgIpc) is 3.21. The van der Waals surface area contributed by atoms with Gasteiger partial charge in [0.05, 0.1) is 17.0 Å². The molecule has 0 fully saturated rings. The third-order valence-electron chi connectivity index (χ3n) is 6.78. The van der Waals surface area contributed by atoms with Crippen molar-refractivity contribution in [3.63, 3.8) is 0 Å². The van der Waals surface area contributed by atoms with Gasteiger partial charge in [-0.15, -0.1) is 0 Å². The van der Waals surface area contributed by atoms with Gasteiger partial charge in [0, 0.05) is 11.4 Å². The van der Waals surface area contributed by atoms with Gasteiger partial charge < -0.3 is 5.32 Å². The molecule has 6 rings (SSSR count). The van der Waals surface area contributed by atoms with Gasteiger partial charge in [0.15, 0.2) is 0 Å². The number of fused-ring (bicyclic) bond motifs is 3. The summed E-state index contributed by atoms with van der Waals surface area (Å²) in [5.74, 6) is 0. The predicted octanol–water partition coefficient (Wildman–Crippen LogP) is 7.66. The summed E-state index contributed by atoms with van der Waals surface area (Å²) in [6.45, 7) is 0. The Morgan fingerprint density at radius 1 is 0.500 bits per heavy atom. The molecule has 0 unspecified atom stereocenters. The van der Waals surface area contributed by atoms with Crippen molar-refractivity contribution in [2.45, 2.75) is 5.41 Å². The van der Waals surface area contributed by atoms with Crippen LogP contribution >= 0.6 is 0 Å². The molecule has 0 atom stereocenters. The highest BCUT2D eigenvalue weighted by Crippen LogP contribution is 2.55. The number of nitrogens with one attached hydrogen (secondary N) is 1. The lowest BCUT2D eigenvalue weighted by molar-refractivity contribution is 0.768. The lowest BCUT2D eigenvalue weighted by Crippen LogP contribution is -2.28. The summed E-state index contributed by atoms with van der Waals surface area (Å²) in [6, 6.07) is 46.8. The van der Waals surface area contributed by atoms with Crippen LogP contribution in [0.1, 0.15) is 27.8 Å². The van der Waals surface area contributed by atoms with Crippen molar-refractivity contribution in [2.24, 2.45) is 0 Å². The van der Waals surface area contributed by atoms with Crippen LogP contribution in [0.4, 0.5) is 11.4 Å². The third kappa shape index (κ3) is 3.03. The second-order valence-corrected chi connectivity index (χ2v) is 8.60. The molecule has 0 saturated carbocycles. The van der Waals surface area contributed by atoms with E-state index in [4.69, 9.17) is 5.26 Å². The molecule has 1 aliphatic rings. The Labute approximate surface area is 199 Å². The van der Waals surface area contributed by atoms with Crippen LogP contribution in [0.3, 0.4) is 0 Å². The maximum Gasteiger partial charge on any atom is 0.0991 e. The van der Waals surface area contributed by atoms with E-state index in [-0.39, 0.29) is 5.41 Å². The number of hydrogen-bond donors (Lipinski definition) is 1. The van der Waals surface area contributed by atoms with Crippen molar-refractivity contribution in [3.8, 4) is 17.2 Å². The molecule has 1 aliphatic carbocycles. The van der Waals surface area contributed by atoms with E-state index in [9.17, 15) is 0 Å². The molecular formula is C32H22N2. The summed E-state index contributed by atoms with van der Waals surface area (Å²) < 4.78 is 0. The minimum absolute atomic E-state index is 0.374. The van der Waals surface area contributed by atoms with Crippen LogP contribution in [0, 0.1) is 11.3 Å². The van der Waals surface area contributed by atoms with Crippen molar-refractivity contribution in [2.75, 3.05) is 5.32 Å². The van der Waals surface area contributed by atoms with Crippen LogP contribution in [0.15, 0.2) is 127 Å². The van der Waals surface area contributed by atoms with Gasteiger partial charge in [0.25, 0.3) is 0 Å². The molecule has 2 heteroatoms. The minimum Gasteiger partial charge on any atom is -0.356 e. The maximum absolute atomic E-state index is 9.04. The number of nitriles is 1. The zero-order chi connectivity index (χ0) is 23.0. The first-order chi connectivity index (χ1) is 16.8. The van der Waals surface area contributed by atoms with Crippen molar-refractivity contribution in [1.29, 1.82) is 5.26 Å². The van der Waals surface area contributed by atoms with E-state index in [0.29, 0.717) is 5.56 Å². The van der Waals surface area contributed by atoms with Gasteiger partial charge in [-0.1, -0.05) is 91.0 Å². The fraction of sp³-hybridized carbons (Fsp3) is 0.0312. The Balaban J connectivity index is 1.51. The van der Waals surface area contributed by atoms with Gasteiger partial charge in [-0.25, -0.2) is 0 Å². The van der Waals surface area contributed by atoms with E-state index in [1.54, 1.807) is 0 Å². The van der Waals surface area contributed by atoms with Gasteiger partial charge in [0.1, 0.15) is 0 Å². The van der Waals surface area contributed by atoms with Crippen LogP contribution in [0.2, 0.25) is 0 Å². The van der Waals surface area contributed by atoms with Gasteiger partial charge >= 0.3 is 0 Å². The van der Waals surface area contributed by atoms with Crippen molar-refractivity contribution < 1.29 is 0 Å². The Hall–Kier alpha value is -4.61. The second-order valence-electron chi connectivity index (χ2n) is 8.60. The molecule has 0 bridgehead atoms. The molecule has 0 saturated heterocycles. The standard InChI is InChI=1S/C32H22N2/c33-22-23-14-18-26(19-15-23)34-27-20-16-25(17-21-27)32(24-8-2-1-3-9-24)30-12-6-4-10-28(30)29-11-5-7-13-31(29)32/h1-21,34H. The number of hydrogen-bond acceptors (Lipinski definition) is 2. The van der Waals surface area contributed by atoms with E-state index in [1.807, 2.05) is 24.3 Å². The second kappa shape index (κ2) is 8.06. The Morgan fingerprint density at radius 2 is 0.971 bits per heavy atom. The van der Waals surface area contributed by atoms with Crippen LogP contribution in [-0.4, -0.2) is 0 Å². The molecule has 0 amide bonds. The zero-order valence-corrected chi connectivity index (χ0v) is 18.6. The number of benzene rings is 5. The zero-order valence-electron chi connectivity index (χ0n) is 18.6. The molecule has 34 heavy (non-hydrogen) atoms. The number of rotatable bonds is 4. The summed E-state index contributed by atoms with van der Waals surface area (Å²) in [4.78, 5) is 0. The normalized spacial score (nSPS) is 12.9. The molecule has 2 nitrogen and oxygen atoms in total. The van der Waals surface area contributed by atoms with Gasteiger partial charge in [-0.3, -0.25) is 0 Å². The number of nitrogens with zero attached hydrogens (tertiary/aromatic N) is 1. The molecule has 0 heterocycles.